The number of nitrogen functional groups attached to an aromatic ring is 1. The lowest BCUT2D eigenvalue weighted by Gasteiger charge is -2.02. The predicted molar refractivity (Wildman–Crippen MR) is 72.4 cm³/mol. The van der Waals surface area contributed by atoms with Crippen LogP contribution in [-0.2, 0) is 9.53 Å². The Labute approximate surface area is 112 Å². The molecule has 0 aliphatic rings. The molecule has 1 amide bonds. The van der Waals surface area contributed by atoms with Crippen LogP contribution in [0.3, 0.4) is 0 Å². The molecule has 1 aromatic carbocycles. The number of methoxy groups -OCH3 is 1. The van der Waals surface area contributed by atoms with Crippen LogP contribution in [0.2, 0.25) is 0 Å². The van der Waals surface area contributed by atoms with Crippen molar-refractivity contribution in [1.29, 1.82) is 0 Å². The van der Waals surface area contributed by atoms with E-state index in [4.69, 9.17) is 5.73 Å². The van der Waals surface area contributed by atoms with Crippen molar-refractivity contribution in [2.45, 2.75) is 13.3 Å². The Morgan fingerprint density at radius 3 is 2.74 bits per heavy atom. The van der Waals surface area contributed by atoms with E-state index < -0.39 is 5.97 Å². The molecule has 0 aromatic heterocycles. The first-order valence-electron chi connectivity index (χ1n) is 5.75. The smallest absolute Gasteiger partial charge is 0.337 e. The van der Waals surface area contributed by atoms with Gasteiger partial charge in [-0.25, -0.2) is 4.79 Å². The van der Waals surface area contributed by atoms with Crippen molar-refractivity contribution in [3.8, 4) is 11.8 Å². The van der Waals surface area contributed by atoms with E-state index >= 15 is 0 Å². The standard InChI is InChI=1S/C14H16N2O3/c1-10(17)16-6-4-3-5-11-7-12(14(18)19-2)9-13(15)8-11/h7-9H,4,6,15H2,1-2H3,(H,16,17). The number of hydrogen-bond donors (Lipinski definition) is 2. The lowest BCUT2D eigenvalue weighted by Crippen LogP contribution is -2.20. The summed E-state index contributed by atoms with van der Waals surface area (Å²) in [5.41, 5.74) is 7.15. The first-order valence-corrected chi connectivity index (χ1v) is 5.75. The van der Waals surface area contributed by atoms with Crippen LogP contribution in [0.15, 0.2) is 18.2 Å². The fraction of sp³-hybridized carbons (Fsp3) is 0.286. The van der Waals surface area contributed by atoms with Crippen molar-refractivity contribution in [3.63, 3.8) is 0 Å². The number of rotatable bonds is 3. The van der Waals surface area contributed by atoms with E-state index in [1.165, 1.54) is 20.1 Å². The first kappa shape index (κ1) is 14.6. The molecule has 0 fully saturated rings. The van der Waals surface area contributed by atoms with E-state index in [0.717, 1.165) is 0 Å². The van der Waals surface area contributed by atoms with Gasteiger partial charge in [-0.2, -0.15) is 0 Å². The van der Waals surface area contributed by atoms with Crippen LogP contribution < -0.4 is 11.1 Å². The fourth-order valence-electron chi connectivity index (χ4n) is 1.43. The lowest BCUT2D eigenvalue weighted by atomic mass is 10.1. The van der Waals surface area contributed by atoms with Crippen LogP contribution in [0, 0.1) is 11.8 Å². The molecule has 0 saturated carbocycles. The number of anilines is 1. The molecule has 5 heteroatoms. The van der Waals surface area contributed by atoms with Gasteiger partial charge in [0.05, 0.1) is 12.7 Å². The van der Waals surface area contributed by atoms with E-state index in [1.54, 1.807) is 12.1 Å². The molecule has 0 spiro atoms. The van der Waals surface area contributed by atoms with E-state index in [2.05, 4.69) is 21.9 Å². The van der Waals surface area contributed by atoms with Crippen molar-refractivity contribution in [3.05, 3.63) is 29.3 Å². The van der Waals surface area contributed by atoms with Crippen molar-refractivity contribution >= 4 is 17.6 Å². The fourth-order valence-corrected chi connectivity index (χ4v) is 1.43. The van der Waals surface area contributed by atoms with Crippen LogP contribution >= 0.6 is 0 Å². The van der Waals surface area contributed by atoms with Gasteiger partial charge in [-0.05, 0) is 18.2 Å². The summed E-state index contributed by atoms with van der Waals surface area (Å²) in [5, 5.41) is 2.64. The second-order valence-electron chi connectivity index (χ2n) is 3.87. The third-order valence-electron chi connectivity index (χ3n) is 2.23. The Bertz CT molecular complexity index is 541. The highest BCUT2D eigenvalue weighted by Gasteiger charge is 2.06. The molecular formula is C14H16N2O3. The third-order valence-corrected chi connectivity index (χ3v) is 2.23. The number of benzene rings is 1. The number of carbonyl (C=O) groups excluding carboxylic acids is 2. The normalized spacial score (nSPS) is 9.16. The molecule has 0 saturated heterocycles. The Morgan fingerprint density at radius 1 is 1.37 bits per heavy atom. The van der Waals surface area contributed by atoms with Crippen LogP contribution in [-0.4, -0.2) is 25.5 Å². The monoisotopic (exact) mass is 260 g/mol. The van der Waals surface area contributed by atoms with Gasteiger partial charge in [0.2, 0.25) is 5.91 Å². The van der Waals surface area contributed by atoms with Gasteiger partial charge < -0.3 is 15.8 Å². The largest absolute Gasteiger partial charge is 0.465 e. The first-order chi connectivity index (χ1) is 9.02. The lowest BCUT2D eigenvalue weighted by molar-refractivity contribution is -0.118. The van der Waals surface area contributed by atoms with Gasteiger partial charge in [0.1, 0.15) is 0 Å². The highest BCUT2D eigenvalue weighted by Crippen LogP contribution is 2.12. The molecule has 0 bridgehead atoms. The van der Waals surface area contributed by atoms with E-state index in [9.17, 15) is 9.59 Å². The molecule has 5 nitrogen and oxygen atoms in total. The summed E-state index contributed by atoms with van der Waals surface area (Å²) in [5.74, 6) is 5.25. The number of hydrogen-bond acceptors (Lipinski definition) is 4. The van der Waals surface area contributed by atoms with Gasteiger partial charge in [0, 0.05) is 31.1 Å². The molecule has 1 rings (SSSR count). The Kier molecular flexibility index (Phi) is 5.42. The molecule has 0 atom stereocenters. The number of amides is 1. The predicted octanol–water partition coefficient (Wildman–Crippen LogP) is 0.933. The average Bonchev–Trinajstić information content (AvgIpc) is 2.36. The zero-order valence-electron chi connectivity index (χ0n) is 10.9. The maximum absolute atomic E-state index is 11.4. The molecule has 0 heterocycles. The molecular weight excluding hydrogens is 244 g/mol. The molecule has 0 unspecified atom stereocenters. The molecule has 0 radical (unpaired) electrons. The minimum absolute atomic E-state index is 0.0845. The maximum atomic E-state index is 11.4. The molecule has 1 aromatic rings. The van der Waals surface area contributed by atoms with Gasteiger partial charge in [-0.15, -0.1) is 0 Å². The van der Waals surface area contributed by atoms with Crippen molar-refractivity contribution in [2.24, 2.45) is 0 Å². The van der Waals surface area contributed by atoms with Crippen molar-refractivity contribution in [2.75, 3.05) is 19.4 Å². The summed E-state index contributed by atoms with van der Waals surface area (Å²) in [6.07, 6.45) is 0.530. The summed E-state index contributed by atoms with van der Waals surface area (Å²) >= 11 is 0. The third kappa shape index (κ3) is 5.13. The average molecular weight is 260 g/mol. The number of nitrogens with two attached hydrogens (primary N) is 1. The zero-order valence-corrected chi connectivity index (χ0v) is 10.9. The summed E-state index contributed by atoms with van der Waals surface area (Å²) in [7, 11) is 1.31. The van der Waals surface area contributed by atoms with Gasteiger partial charge in [-0.3, -0.25) is 4.79 Å². The summed E-state index contributed by atoms with van der Waals surface area (Å²) < 4.78 is 4.63. The second kappa shape index (κ2) is 7.07. The summed E-state index contributed by atoms with van der Waals surface area (Å²) in [6.45, 7) is 1.95. The number of esters is 1. The molecule has 0 aliphatic carbocycles. The highest BCUT2D eigenvalue weighted by molar-refractivity contribution is 5.90. The second-order valence-corrected chi connectivity index (χ2v) is 3.87. The molecule has 19 heavy (non-hydrogen) atoms. The van der Waals surface area contributed by atoms with E-state index in [1.807, 2.05) is 0 Å². The van der Waals surface area contributed by atoms with Crippen molar-refractivity contribution in [1.82, 2.24) is 5.32 Å². The highest BCUT2D eigenvalue weighted by atomic mass is 16.5. The van der Waals surface area contributed by atoms with Gasteiger partial charge in [-0.1, -0.05) is 11.8 Å². The van der Waals surface area contributed by atoms with E-state index in [0.29, 0.717) is 29.8 Å². The topological polar surface area (TPSA) is 81.4 Å². The molecule has 0 aliphatic heterocycles. The molecule has 3 N–H and O–H groups in total. The number of nitrogens with one attached hydrogen (secondary N) is 1. The minimum atomic E-state index is -0.450. The van der Waals surface area contributed by atoms with Crippen LogP contribution in [0.1, 0.15) is 29.3 Å². The SMILES string of the molecule is COC(=O)c1cc(N)cc(C#CCCNC(C)=O)c1. The van der Waals surface area contributed by atoms with Crippen molar-refractivity contribution < 1.29 is 14.3 Å². The van der Waals surface area contributed by atoms with Crippen LogP contribution in [0.25, 0.3) is 0 Å². The van der Waals surface area contributed by atoms with Gasteiger partial charge in [0.15, 0.2) is 0 Å². The summed E-state index contributed by atoms with van der Waals surface area (Å²) in [4.78, 5) is 22.0. The maximum Gasteiger partial charge on any atom is 0.337 e. The Morgan fingerprint density at radius 2 is 2.11 bits per heavy atom. The van der Waals surface area contributed by atoms with Crippen LogP contribution in [0.5, 0.6) is 0 Å². The Balaban J connectivity index is 2.73. The van der Waals surface area contributed by atoms with E-state index in [-0.39, 0.29) is 5.91 Å². The minimum Gasteiger partial charge on any atom is -0.465 e. The number of ether oxygens (including phenoxy) is 1. The van der Waals surface area contributed by atoms with Gasteiger partial charge >= 0.3 is 5.97 Å². The zero-order chi connectivity index (χ0) is 14.3. The quantitative estimate of drug-likeness (QED) is 0.367. The van der Waals surface area contributed by atoms with Gasteiger partial charge in [0.25, 0.3) is 0 Å². The van der Waals surface area contributed by atoms with Crippen LogP contribution in [0.4, 0.5) is 5.69 Å². The molecule has 100 valence electrons. The number of carbonyl (C=O) groups is 2. The Hall–Kier alpha value is -2.48. The summed E-state index contributed by atoms with van der Waals surface area (Å²) in [6, 6.07) is 4.83.